The van der Waals surface area contributed by atoms with Crippen molar-refractivity contribution in [2.24, 2.45) is 5.92 Å². The Hall–Kier alpha value is -0.157. The second-order valence-electron chi connectivity index (χ2n) is 5.96. The van der Waals surface area contributed by atoms with Gasteiger partial charge in [0.2, 0.25) is 0 Å². The minimum atomic E-state index is -1.18. The van der Waals surface area contributed by atoms with Crippen molar-refractivity contribution in [3.05, 3.63) is 40.5 Å². The quantitative estimate of drug-likeness (QED) is 0.732. The van der Waals surface area contributed by atoms with E-state index in [0.29, 0.717) is 0 Å². The van der Waals surface area contributed by atoms with Gasteiger partial charge in [0.15, 0.2) is 0 Å². The van der Waals surface area contributed by atoms with E-state index in [4.69, 9.17) is 0 Å². The van der Waals surface area contributed by atoms with Gasteiger partial charge in [0, 0.05) is 0 Å². The van der Waals surface area contributed by atoms with Crippen LogP contribution in [0.3, 0.4) is 0 Å². The maximum atomic E-state index is 2.52. The van der Waals surface area contributed by atoms with Crippen LogP contribution in [0.5, 0.6) is 0 Å². The summed E-state index contributed by atoms with van der Waals surface area (Å²) < 4.78 is 5.86. The van der Waals surface area contributed by atoms with Gasteiger partial charge in [-0.15, -0.1) is 0 Å². The molecule has 0 saturated carbocycles. The fourth-order valence-electron chi connectivity index (χ4n) is 2.95. The third-order valence-corrected chi connectivity index (χ3v) is 8.24. The number of allylic oxidation sites excluding steroid dienone is 1. The molecule has 0 heterocycles. The molecule has 2 rings (SSSR count). The molecule has 1 heteroatoms. The van der Waals surface area contributed by atoms with Crippen LogP contribution in [0, 0.1) is 5.92 Å². The molecular formula is C16H23Zr. The van der Waals surface area contributed by atoms with E-state index in [0.717, 1.165) is 9.54 Å². The molecule has 1 unspecified atom stereocenters. The third kappa shape index (κ3) is 2.81. The van der Waals surface area contributed by atoms with Crippen molar-refractivity contribution in [2.75, 3.05) is 0 Å². The summed E-state index contributed by atoms with van der Waals surface area (Å²) in [6.45, 7) is 6.91. The fraction of sp³-hybridized carbons (Fsp3) is 0.500. The van der Waals surface area contributed by atoms with Crippen LogP contribution in [0.4, 0.5) is 0 Å². The zero-order valence-electron chi connectivity index (χ0n) is 11.7. The summed E-state index contributed by atoms with van der Waals surface area (Å²) in [6.07, 6.45) is 3.63. The number of benzene rings is 1. The molecule has 0 saturated heterocycles. The van der Waals surface area contributed by atoms with Gasteiger partial charge < -0.3 is 0 Å². The molecule has 0 radical (unpaired) electrons. The molecule has 17 heavy (non-hydrogen) atoms. The molecule has 91 valence electrons. The van der Waals surface area contributed by atoms with Crippen LogP contribution in [0.15, 0.2) is 23.8 Å². The molecule has 0 aromatic heterocycles. The molecule has 1 aliphatic rings. The summed E-state index contributed by atoms with van der Waals surface area (Å²) in [6, 6.07) is 7.17. The van der Waals surface area contributed by atoms with Crippen molar-refractivity contribution in [3.8, 4) is 0 Å². The van der Waals surface area contributed by atoms with Crippen molar-refractivity contribution < 1.29 is 21.8 Å². The Morgan fingerprint density at radius 3 is 2.53 bits per heavy atom. The number of fused-ring (bicyclic) bond motifs is 1. The topological polar surface area (TPSA) is 0 Å². The first-order chi connectivity index (χ1) is 7.99. The van der Waals surface area contributed by atoms with Crippen molar-refractivity contribution in [1.82, 2.24) is 0 Å². The predicted octanol–water partition coefficient (Wildman–Crippen LogP) is 5.06. The number of hydrogen-bond acceptors (Lipinski definition) is 0. The molecule has 0 N–H and O–H groups in total. The first kappa shape index (κ1) is 13.3. The molecule has 0 bridgehead atoms. The van der Waals surface area contributed by atoms with Crippen LogP contribution in [0.2, 0.25) is 9.26 Å². The van der Waals surface area contributed by atoms with Gasteiger partial charge in [0.05, 0.1) is 0 Å². The number of rotatable bonds is 3. The molecule has 0 aliphatic heterocycles. The molecule has 1 aliphatic carbocycles. The van der Waals surface area contributed by atoms with E-state index in [1.54, 1.807) is 11.1 Å². The van der Waals surface area contributed by atoms with E-state index < -0.39 is 21.8 Å². The average molecular weight is 307 g/mol. The van der Waals surface area contributed by atoms with E-state index in [9.17, 15) is 0 Å². The Balaban J connectivity index is 2.33. The van der Waals surface area contributed by atoms with Gasteiger partial charge >= 0.3 is 114 Å². The van der Waals surface area contributed by atoms with Gasteiger partial charge in [0.1, 0.15) is 0 Å². The summed E-state index contributed by atoms with van der Waals surface area (Å²) in [5.74, 6) is 0.749. The van der Waals surface area contributed by atoms with Crippen molar-refractivity contribution in [1.29, 1.82) is 0 Å². The average Bonchev–Trinajstić information content (AvgIpc) is 2.51. The standard InChI is InChI=1S/C14H17.2CH3.Zr/c1-10(2)6-12-4-5-13-7-11(3)8-14(13)9-12;;;/h4-5,7-10H,6H2,1-3H3;2*1H3;. The van der Waals surface area contributed by atoms with E-state index in [1.165, 1.54) is 17.5 Å². The Kier molecular flexibility index (Phi) is 4.08. The normalized spacial score (nSPS) is 18.2. The summed E-state index contributed by atoms with van der Waals surface area (Å²) in [7, 11) is 0. The predicted molar refractivity (Wildman–Crippen MR) is 73.1 cm³/mol. The summed E-state index contributed by atoms with van der Waals surface area (Å²) in [4.78, 5) is 0. The zero-order chi connectivity index (χ0) is 12.6. The van der Waals surface area contributed by atoms with E-state index >= 15 is 0 Å². The summed E-state index contributed by atoms with van der Waals surface area (Å²) >= 11 is -1.18. The van der Waals surface area contributed by atoms with Crippen molar-refractivity contribution in [2.45, 2.75) is 40.1 Å². The Morgan fingerprint density at radius 1 is 1.24 bits per heavy atom. The van der Waals surface area contributed by atoms with Crippen molar-refractivity contribution in [3.63, 3.8) is 0 Å². The van der Waals surface area contributed by atoms with Gasteiger partial charge in [-0.2, -0.15) is 0 Å². The maximum absolute atomic E-state index is 2.52. The summed E-state index contributed by atoms with van der Waals surface area (Å²) in [5.41, 5.74) is 6.24. The monoisotopic (exact) mass is 305 g/mol. The fourth-order valence-corrected chi connectivity index (χ4v) is 7.57. The Morgan fingerprint density at radius 2 is 1.94 bits per heavy atom. The second-order valence-corrected chi connectivity index (χ2v) is 12.7. The van der Waals surface area contributed by atoms with Crippen LogP contribution < -0.4 is 0 Å². The van der Waals surface area contributed by atoms with Gasteiger partial charge in [-0.25, -0.2) is 0 Å². The summed E-state index contributed by atoms with van der Waals surface area (Å²) in [5, 5.41) is 0. The Labute approximate surface area is 114 Å². The van der Waals surface area contributed by atoms with Crippen LogP contribution in [0.1, 0.15) is 41.1 Å². The SMILES string of the molecule is CC1=Cc2cc(CC(C)C)ccc2[CH]1[Zr]([CH3])[CH3]. The first-order valence-electron chi connectivity index (χ1n) is 6.60. The van der Waals surface area contributed by atoms with E-state index in [1.807, 2.05) is 0 Å². The van der Waals surface area contributed by atoms with Crippen LogP contribution >= 0.6 is 0 Å². The molecule has 1 aromatic rings. The number of hydrogen-bond donors (Lipinski definition) is 0. The van der Waals surface area contributed by atoms with Crippen LogP contribution in [0.25, 0.3) is 6.08 Å². The molecule has 0 nitrogen and oxygen atoms in total. The van der Waals surface area contributed by atoms with Gasteiger partial charge in [-0.05, 0) is 0 Å². The van der Waals surface area contributed by atoms with E-state index in [-0.39, 0.29) is 0 Å². The molecule has 0 amide bonds. The molecule has 1 atom stereocenters. The Bertz CT molecular complexity index is 441. The molecule has 1 aromatic carbocycles. The molecule has 0 fully saturated rings. The van der Waals surface area contributed by atoms with Crippen LogP contribution in [-0.4, -0.2) is 0 Å². The van der Waals surface area contributed by atoms with Crippen LogP contribution in [-0.2, 0) is 28.2 Å². The van der Waals surface area contributed by atoms with Gasteiger partial charge in [-0.1, -0.05) is 0 Å². The minimum absolute atomic E-state index is 0.749. The molecule has 0 spiro atoms. The first-order valence-corrected chi connectivity index (χ1v) is 12.9. The third-order valence-electron chi connectivity index (χ3n) is 3.52. The molecular weight excluding hydrogens is 283 g/mol. The van der Waals surface area contributed by atoms with Gasteiger partial charge in [0.25, 0.3) is 0 Å². The van der Waals surface area contributed by atoms with Crippen molar-refractivity contribution >= 4 is 6.08 Å². The zero-order valence-corrected chi connectivity index (χ0v) is 14.1. The van der Waals surface area contributed by atoms with Gasteiger partial charge in [-0.3, -0.25) is 0 Å². The second kappa shape index (κ2) is 5.23. The van der Waals surface area contributed by atoms with E-state index in [2.05, 4.69) is 54.3 Å².